The predicted molar refractivity (Wildman–Crippen MR) is 72.2 cm³/mol. The van der Waals surface area contributed by atoms with Crippen molar-refractivity contribution in [2.75, 3.05) is 13.7 Å². The molecule has 0 spiro atoms. The Hall–Kier alpha value is -0.0800. The lowest BCUT2D eigenvalue weighted by atomic mass is 9.89. The van der Waals surface area contributed by atoms with Gasteiger partial charge in [-0.2, -0.15) is 0 Å². The molecular formula is C15H29NO. The molecule has 0 saturated heterocycles. The van der Waals surface area contributed by atoms with Crippen molar-refractivity contribution < 1.29 is 4.74 Å². The highest BCUT2D eigenvalue weighted by Gasteiger charge is 2.26. The Morgan fingerprint density at radius 3 is 2.53 bits per heavy atom. The summed E-state index contributed by atoms with van der Waals surface area (Å²) in [4.78, 5) is 0. The molecule has 0 bridgehead atoms. The van der Waals surface area contributed by atoms with Gasteiger partial charge >= 0.3 is 0 Å². The highest BCUT2D eigenvalue weighted by Crippen LogP contribution is 2.29. The second-order valence-corrected chi connectivity index (χ2v) is 6.13. The first-order valence-corrected chi connectivity index (χ1v) is 7.58. The average Bonchev–Trinajstić information content (AvgIpc) is 2.79. The summed E-state index contributed by atoms with van der Waals surface area (Å²) in [6.07, 6.45) is 11.3. The topological polar surface area (TPSA) is 21.3 Å². The van der Waals surface area contributed by atoms with Crippen molar-refractivity contribution in [1.29, 1.82) is 0 Å². The predicted octanol–water partition coefficient (Wildman–Crippen LogP) is 3.36. The number of nitrogens with one attached hydrogen (secondary N) is 1. The third-order valence-electron chi connectivity index (χ3n) is 4.83. The maximum Gasteiger partial charge on any atom is 0.0575 e. The summed E-state index contributed by atoms with van der Waals surface area (Å²) in [6, 6.07) is 0.755. The minimum atomic E-state index is 0.570. The van der Waals surface area contributed by atoms with Crippen LogP contribution in [0.3, 0.4) is 0 Å². The first-order chi connectivity index (χ1) is 8.29. The zero-order valence-corrected chi connectivity index (χ0v) is 11.6. The average molecular weight is 239 g/mol. The van der Waals surface area contributed by atoms with Gasteiger partial charge in [-0.25, -0.2) is 0 Å². The van der Waals surface area contributed by atoms with Crippen LogP contribution < -0.4 is 5.32 Å². The maximum atomic E-state index is 6.06. The van der Waals surface area contributed by atoms with E-state index in [0.717, 1.165) is 24.5 Å². The van der Waals surface area contributed by atoms with Crippen LogP contribution >= 0.6 is 0 Å². The third kappa shape index (κ3) is 3.96. The Morgan fingerprint density at radius 1 is 1.06 bits per heavy atom. The molecule has 100 valence electrons. The smallest absolute Gasteiger partial charge is 0.0575 e. The van der Waals surface area contributed by atoms with E-state index in [2.05, 4.69) is 19.3 Å². The Kier molecular flexibility index (Phi) is 5.30. The first-order valence-electron chi connectivity index (χ1n) is 7.58. The molecule has 0 aromatic rings. The SMILES string of the molecule is CNC1CCCC1CCOC1CCC(C)CC1. The number of hydrogen-bond donors (Lipinski definition) is 1. The first kappa shape index (κ1) is 13.4. The highest BCUT2D eigenvalue weighted by atomic mass is 16.5. The van der Waals surface area contributed by atoms with Crippen LogP contribution in [0.4, 0.5) is 0 Å². The van der Waals surface area contributed by atoms with E-state index in [9.17, 15) is 0 Å². The van der Waals surface area contributed by atoms with E-state index >= 15 is 0 Å². The molecule has 0 aromatic carbocycles. The van der Waals surface area contributed by atoms with Crippen molar-refractivity contribution in [2.45, 2.75) is 70.4 Å². The Balaban J connectivity index is 1.59. The molecule has 0 aromatic heterocycles. The Morgan fingerprint density at radius 2 is 1.82 bits per heavy atom. The summed E-state index contributed by atoms with van der Waals surface area (Å²) >= 11 is 0. The minimum Gasteiger partial charge on any atom is -0.378 e. The largest absolute Gasteiger partial charge is 0.378 e. The van der Waals surface area contributed by atoms with E-state index in [0.29, 0.717) is 6.10 Å². The molecule has 2 heteroatoms. The summed E-state index contributed by atoms with van der Waals surface area (Å²) in [5, 5.41) is 3.45. The second kappa shape index (κ2) is 6.75. The molecule has 1 N–H and O–H groups in total. The van der Waals surface area contributed by atoms with E-state index in [4.69, 9.17) is 4.74 Å². The molecule has 0 heterocycles. The molecule has 2 unspecified atom stereocenters. The lowest BCUT2D eigenvalue weighted by molar-refractivity contribution is 0.0124. The molecule has 2 aliphatic rings. The molecule has 2 nitrogen and oxygen atoms in total. The van der Waals surface area contributed by atoms with Gasteiger partial charge in [0.15, 0.2) is 0 Å². The fourth-order valence-electron chi connectivity index (χ4n) is 3.54. The third-order valence-corrected chi connectivity index (χ3v) is 4.83. The van der Waals surface area contributed by atoms with E-state index in [1.165, 1.54) is 51.4 Å². The van der Waals surface area contributed by atoms with Gasteiger partial charge in [-0.1, -0.05) is 13.3 Å². The van der Waals surface area contributed by atoms with Gasteiger partial charge in [-0.3, -0.25) is 0 Å². The molecule has 0 amide bonds. The van der Waals surface area contributed by atoms with Crippen molar-refractivity contribution >= 4 is 0 Å². The zero-order valence-electron chi connectivity index (χ0n) is 11.6. The molecule has 2 aliphatic carbocycles. The van der Waals surface area contributed by atoms with Crippen LogP contribution in [0.1, 0.15) is 58.3 Å². The second-order valence-electron chi connectivity index (χ2n) is 6.13. The molecule has 17 heavy (non-hydrogen) atoms. The van der Waals surface area contributed by atoms with Crippen LogP contribution in [0, 0.1) is 11.8 Å². The van der Waals surface area contributed by atoms with E-state index < -0.39 is 0 Å². The lowest BCUT2D eigenvalue weighted by Gasteiger charge is -2.27. The van der Waals surface area contributed by atoms with Crippen LogP contribution in [0.5, 0.6) is 0 Å². The molecule has 0 aliphatic heterocycles. The quantitative estimate of drug-likeness (QED) is 0.794. The number of rotatable bonds is 5. The maximum absolute atomic E-state index is 6.06. The van der Waals surface area contributed by atoms with Gasteiger partial charge in [0.05, 0.1) is 6.10 Å². The standard InChI is InChI=1S/C15H29NO/c1-12-6-8-14(9-7-12)17-11-10-13-4-3-5-15(13)16-2/h12-16H,3-11H2,1-2H3. The zero-order chi connectivity index (χ0) is 12.1. The van der Waals surface area contributed by atoms with Gasteiger partial charge in [0.2, 0.25) is 0 Å². The van der Waals surface area contributed by atoms with Gasteiger partial charge < -0.3 is 10.1 Å². The van der Waals surface area contributed by atoms with E-state index in [-0.39, 0.29) is 0 Å². The van der Waals surface area contributed by atoms with Crippen LogP contribution in [0.25, 0.3) is 0 Å². The molecule has 2 fully saturated rings. The lowest BCUT2D eigenvalue weighted by Crippen LogP contribution is -2.30. The van der Waals surface area contributed by atoms with Gasteiger partial charge in [0.25, 0.3) is 0 Å². The van der Waals surface area contributed by atoms with Gasteiger partial charge in [0, 0.05) is 12.6 Å². The Bertz CT molecular complexity index is 211. The van der Waals surface area contributed by atoms with Crippen LogP contribution in [0.15, 0.2) is 0 Å². The fourth-order valence-corrected chi connectivity index (χ4v) is 3.54. The molecule has 2 saturated carbocycles. The molecule has 2 atom stereocenters. The van der Waals surface area contributed by atoms with Gasteiger partial charge in [-0.15, -0.1) is 0 Å². The molecule has 2 rings (SSSR count). The van der Waals surface area contributed by atoms with Gasteiger partial charge in [-0.05, 0) is 63.8 Å². The van der Waals surface area contributed by atoms with Crippen LogP contribution in [0.2, 0.25) is 0 Å². The number of ether oxygens (including phenoxy) is 1. The van der Waals surface area contributed by atoms with Crippen LogP contribution in [-0.4, -0.2) is 25.8 Å². The van der Waals surface area contributed by atoms with Crippen molar-refractivity contribution in [3.8, 4) is 0 Å². The highest BCUT2D eigenvalue weighted by molar-refractivity contribution is 4.82. The van der Waals surface area contributed by atoms with E-state index in [1.54, 1.807) is 0 Å². The number of hydrogen-bond acceptors (Lipinski definition) is 2. The van der Waals surface area contributed by atoms with Crippen molar-refractivity contribution in [3.63, 3.8) is 0 Å². The van der Waals surface area contributed by atoms with Crippen LogP contribution in [-0.2, 0) is 4.74 Å². The summed E-state index contributed by atoms with van der Waals surface area (Å²) in [7, 11) is 2.10. The van der Waals surface area contributed by atoms with E-state index in [1.807, 2.05) is 0 Å². The minimum absolute atomic E-state index is 0.570. The fraction of sp³-hybridized carbons (Fsp3) is 1.00. The van der Waals surface area contributed by atoms with Crippen molar-refractivity contribution in [2.24, 2.45) is 11.8 Å². The monoisotopic (exact) mass is 239 g/mol. The summed E-state index contributed by atoms with van der Waals surface area (Å²) in [6.45, 7) is 3.36. The summed E-state index contributed by atoms with van der Waals surface area (Å²) in [5.41, 5.74) is 0. The summed E-state index contributed by atoms with van der Waals surface area (Å²) < 4.78 is 6.06. The van der Waals surface area contributed by atoms with Gasteiger partial charge in [0.1, 0.15) is 0 Å². The Labute approximate surface area is 107 Å². The normalized spacial score (nSPS) is 38.5. The van der Waals surface area contributed by atoms with Crippen molar-refractivity contribution in [1.82, 2.24) is 5.32 Å². The molecule has 0 radical (unpaired) electrons. The summed E-state index contributed by atoms with van der Waals surface area (Å²) in [5.74, 6) is 1.79. The molecular weight excluding hydrogens is 210 g/mol. The van der Waals surface area contributed by atoms with Crippen molar-refractivity contribution in [3.05, 3.63) is 0 Å².